The molecule has 1 aromatic carbocycles. The van der Waals surface area contributed by atoms with Crippen molar-refractivity contribution >= 4 is 21.6 Å². The van der Waals surface area contributed by atoms with Crippen LogP contribution in [0.2, 0.25) is 0 Å². The third kappa shape index (κ3) is 3.38. The van der Waals surface area contributed by atoms with Crippen molar-refractivity contribution in [1.29, 1.82) is 0 Å². The second kappa shape index (κ2) is 5.28. The lowest BCUT2D eigenvalue weighted by molar-refractivity contribution is -0.141. The molecule has 3 nitrogen and oxygen atoms in total. The average molecular weight is 351 g/mol. The largest absolute Gasteiger partial charge is 0.455 e. The number of nitrogen functional groups attached to an aromatic ring is 1. The Kier molecular flexibility index (Phi) is 3.85. The highest BCUT2D eigenvalue weighted by molar-refractivity contribution is 9.10. The summed E-state index contributed by atoms with van der Waals surface area (Å²) in [6, 6.07) is 4.27. The molecule has 106 valence electrons. The zero-order valence-corrected chi connectivity index (χ0v) is 11.3. The summed E-state index contributed by atoms with van der Waals surface area (Å²) in [6.45, 7) is 0. The molecule has 0 amide bonds. The Bertz CT molecular complexity index is 626. The Morgan fingerprint density at radius 2 is 1.85 bits per heavy atom. The molecule has 0 saturated carbocycles. The van der Waals surface area contributed by atoms with Gasteiger partial charge in [0.05, 0.1) is 11.9 Å². The van der Waals surface area contributed by atoms with Crippen LogP contribution in [0, 0.1) is 5.82 Å². The van der Waals surface area contributed by atoms with Gasteiger partial charge in [-0.15, -0.1) is 0 Å². The van der Waals surface area contributed by atoms with Crippen LogP contribution in [0.25, 0.3) is 0 Å². The van der Waals surface area contributed by atoms with E-state index < -0.39 is 17.7 Å². The van der Waals surface area contributed by atoms with Crippen LogP contribution in [-0.2, 0) is 6.18 Å². The first kappa shape index (κ1) is 14.6. The number of nitrogens with zero attached hydrogens (tertiary/aromatic N) is 1. The van der Waals surface area contributed by atoms with Gasteiger partial charge in [0.2, 0.25) is 0 Å². The number of nitrogens with two attached hydrogens (primary N) is 1. The van der Waals surface area contributed by atoms with Crippen molar-refractivity contribution in [2.45, 2.75) is 6.18 Å². The van der Waals surface area contributed by atoms with Gasteiger partial charge in [-0.05, 0) is 12.1 Å². The lowest BCUT2D eigenvalue weighted by Gasteiger charge is -2.11. The van der Waals surface area contributed by atoms with Gasteiger partial charge in [-0.2, -0.15) is 13.2 Å². The predicted molar refractivity (Wildman–Crippen MR) is 67.8 cm³/mol. The Morgan fingerprint density at radius 1 is 1.15 bits per heavy atom. The van der Waals surface area contributed by atoms with Crippen molar-refractivity contribution < 1.29 is 22.3 Å². The number of rotatable bonds is 2. The van der Waals surface area contributed by atoms with E-state index in [2.05, 4.69) is 20.9 Å². The molecule has 1 aromatic heterocycles. The number of ether oxygens (including phenoxy) is 1. The topological polar surface area (TPSA) is 48.1 Å². The summed E-state index contributed by atoms with van der Waals surface area (Å²) in [5.41, 5.74) is 4.27. The van der Waals surface area contributed by atoms with Crippen molar-refractivity contribution in [2.24, 2.45) is 0 Å². The maximum Gasteiger partial charge on any atom is 0.433 e. The Hall–Kier alpha value is -1.83. The highest BCUT2D eigenvalue weighted by Gasteiger charge is 2.33. The minimum atomic E-state index is -4.62. The SMILES string of the molecule is Nc1cnc(C(F)(F)F)cc1Oc1cc(F)cc(Br)c1. The zero-order chi connectivity index (χ0) is 14.9. The lowest BCUT2D eigenvalue weighted by Crippen LogP contribution is -2.08. The number of alkyl halides is 3. The fourth-order valence-electron chi connectivity index (χ4n) is 1.41. The first-order valence-electron chi connectivity index (χ1n) is 5.22. The van der Waals surface area contributed by atoms with Gasteiger partial charge in [0, 0.05) is 16.6 Å². The predicted octanol–water partition coefficient (Wildman–Crippen LogP) is 4.38. The molecular weight excluding hydrogens is 344 g/mol. The van der Waals surface area contributed by atoms with Crippen molar-refractivity contribution in [3.63, 3.8) is 0 Å². The number of halogens is 5. The van der Waals surface area contributed by atoms with Gasteiger partial charge in [0.15, 0.2) is 5.75 Å². The number of aromatic nitrogens is 1. The minimum Gasteiger partial charge on any atom is -0.455 e. The lowest BCUT2D eigenvalue weighted by atomic mass is 10.3. The highest BCUT2D eigenvalue weighted by Crippen LogP contribution is 2.34. The molecule has 2 aromatic rings. The molecule has 0 atom stereocenters. The molecule has 20 heavy (non-hydrogen) atoms. The van der Waals surface area contributed by atoms with Crippen LogP contribution in [0.3, 0.4) is 0 Å². The van der Waals surface area contributed by atoms with Crippen molar-refractivity contribution in [1.82, 2.24) is 4.98 Å². The first-order chi connectivity index (χ1) is 9.25. The van der Waals surface area contributed by atoms with Gasteiger partial charge in [0.25, 0.3) is 0 Å². The standard InChI is InChI=1S/C12H7BrF4N2O/c13-6-1-7(14)3-8(2-6)20-10-4-11(12(15,16)17)19-5-9(10)18/h1-5H,18H2. The quantitative estimate of drug-likeness (QED) is 0.817. The molecule has 0 radical (unpaired) electrons. The summed E-state index contributed by atoms with van der Waals surface area (Å²) < 4.78 is 56.3. The molecule has 0 bridgehead atoms. The molecule has 0 aliphatic rings. The number of anilines is 1. The minimum absolute atomic E-state index is 0.0166. The molecule has 8 heteroatoms. The summed E-state index contributed by atoms with van der Waals surface area (Å²) in [7, 11) is 0. The summed E-state index contributed by atoms with van der Waals surface area (Å²) in [4.78, 5) is 3.17. The third-order valence-electron chi connectivity index (χ3n) is 2.25. The number of benzene rings is 1. The van der Waals surface area contributed by atoms with Crippen molar-refractivity contribution in [3.8, 4) is 11.5 Å². The molecule has 0 spiro atoms. The summed E-state index contributed by atoms with van der Waals surface area (Å²) in [5, 5.41) is 0. The molecule has 0 aliphatic heterocycles. The van der Waals surface area contributed by atoms with Gasteiger partial charge in [-0.1, -0.05) is 15.9 Å². The fraction of sp³-hybridized carbons (Fsp3) is 0.0833. The Labute approximate surface area is 119 Å². The van der Waals surface area contributed by atoms with Crippen LogP contribution >= 0.6 is 15.9 Å². The maximum absolute atomic E-state index is 13.2. The summed E-state index contributed by atoms with van der Waals surface area (Å²) in [5.74, 6) is -0.828. The van der Waals surface area contributed by atoms with Gasteiger partial charge in [0.1, 0.15) is 17.3 Å². The van der Waals surface area contributed by atoms with Crippen LogP contribution in [0.4, 0.5) is 23.2 Å². The molecule has 0 fully saturated rings. The molecule has 2 N–H and O–H groups in total. The van der Waals surface area contributed by atoms with Crippen LogP contribution in [-0.4, -0.2) is 4.98 Å². The monoisotopic (exact) mass is 350 g/mol. The molecule has 2 rings (SSSR count). The van der Waals surface area contributed by atoms with Crippen LogP contribution in [0.5, 0.6) is 11.5 Å². The third-order valence-corrected chi connectivity index (χ3v) is 2.71. The normalized spacial score (nSPS) is 11.4. The first-order valence-corrected chi connectivity index (χ1v) is 6.01. The van der Waals surface area contributed by atoms with E-state index in [1.54, 1.807) is 0 Å². The van der Waals surface area contributed by atoms with E-state index in [1.165, 1.54) is 12.1 Å². The number of hydrogen-bond acceptors (Lipinski definition) is 3. The van der Waals surface area contributed by atoms with E-state index in [0.29, 0.717) is 10.5 Å². The average Bonchev–Trinajstić information content (AvgIpc) is 2.29. The number of pyridine rings is 1. The van der Waals surface area contributed by atoms with E-state index in [4.69, 9.17) is 10.5 Å². The van der Waals surface area contributed by atoms with E-state index in [9.17, 15) is 17.6 Å². The second-order valence-corrected chi connectivity index (χ2v) is 4.73. The molecule has 0 aliphatic carbocycles. The van der Waals surface area contributed by atoms with Crippen molar-refractivity contribution in [3.05, 3.63) is 46.4 Å². The van der Waals surface area contributed by atoms with Crippen LogP contribution in [0.1, 0.15) is 5.69 Å². The van der Waals surface area contributed by atoms with Gasteiger partial charge in [-0.3, -0.25) is 0 Å². The molecule has 0 unspecified atom stereocenters. The van der Waals surface area contributed by atoms with E-state index >= 15 is 0 Å². The zero-order valence-electron chi connectivity index (χ0n) is 9.71. The van der Waals surface area contributed by atoms with Crippen molar-refractivity contribution in [2.75, 3.05) is 5.73 Å². The second-order valence-electron chi connectivity index (χ2n) is 3.81. The summed E-state index contributed by atoms with van der Waals surface area (Å²) >= 11 is 3.05. The number of hydrogen-bond donors (Lipinski definition) is 1. The van der Waals surface area contributed by atoms with E-state index in [1.807, 2.05) is 0 Å². The van der Waals surface area contributed by atoms with Gasteiger partial charge >= 0.3 is 6.18 Å². The van der Waals surface area contributed by atoms with Crippen LogP contribution in [0.15, 0.2) is 34.9 Å². The Morgan fingerprint density at radius 3 is 2.45 bits per heavy atom. The Balaban J connectivity index is 2.37. The van der Waals surface area contributed by atoms with Crippen LogP contribution < -0.4 is 10.5 Å². The fourth-order valence-corrected chi connectivity index (χ4v) is 1.85. The van der Waals surface area contributed by atoms with Gasteiger partial charge in [-0.25, -0.2) is 9.37 Å². The summed E-state index contributed by atoms with van der Waals surface area (Å²) in [6.07, 6.45) is -3.78. The maximum atomic E-state index is 13.2. The highest BCUT2D eigenvalue weighted by atomic mass is 79.9. The van der Waals surface area contributed by atoms with Gasteiger partial charge < -0.3 is 10.5 Å². The smallest absolute Gasteiger partial charge is 0.433 e. The van der Waals surface area contributed by atoms with E-state index in [0.717, 1.165) is 12.3 Å². The molecule has 1 heterocycles. The molecular formula is C12H7BrF4N2O. The molecule has 0 saturated heterocycles. The van der Waals surface area contributed by atoms with E-state index in [-0.39, 0.29) is 17.2 Å².